The average Bonchev–Trinajstić information content (AvgIpc) is 3.02. The first kappa shape index (κ1) is 23.2. The summed E-state index contributed by atoms with van der Waals surface area (Å²) in [4.78, 5) is 6.40. The lowest BCUT2D eigenvalue weighted by atomic mass is 10.1. The van der Waals surface area contributed by atoms with E-state index in [2.05, 4.69) is 34.0 Å². The maximum absolute atomic E-state index is 12.3. The van der Waals surface area contributed by atoms with E-state index in [-0.39, 0.29) is 11.4 Å². The average molecular weight is 441 g/mol. The molecule has 0 saturated carbocycles. The molecule has 1 aromatic heterocycles. The summed E-state index contributed by atoms with van der Waals surface area (Å²) in [5.41, 5.74) is 2.19. The van der Waals surface area contributed by atoms with Crippen molar-refractivity contribution < 1.29 is 8.42 Å². The molecule has 8 nitrogen and oxygen atoms in total. The second kappa shape index (κ2) is 10.1. The van der Waals surface area contributed by atoms with Gasteiger partial charge in [-0.1, -0.05) is 31.5 Å². The maximum Gasteiger partial charge on any atom is 0.240 e. The third-order valence-electron chi connectivity index (χ3n) is 4.27. The molecule has 1 aromatic carbocycles. The van der Waals surface area contributed by atoms with Crippen LogP contribution in [0.1, 0.15) is 31.0 Å². The number of rotatable bonds is 8. The van der Waals surface area contributed by atoms with E-state index < -0.39 is 10.0 Å². The molecule has 0 spiro atoms. The Hall–Kier alpha value is -2.10. The normalized spacial score (nSPS) is 12.4. The fourth-order valence-corrected chi connectivity index (χ4v) is 4.29. The largest absolute Gasteiger partial charge is 0.355 e. The van der Waals surface area contributed by atoms with Crippen molar-refractivity contribution in [2.24, 2.45) is 12.0 Å². The van der Waals surface area contributed by atoms with Gasteiger partial charge in [-0.25, -0.2) is 13.1 Å². The molecule has 10 heteroatoms. The molecule has 29 heavy (non-hydrogen) atoms. The first-order chi connectivity index (χ1) is 13.6. The van der Waals surface area contributed by atoms with Gasteiger partial charge in [-0.15, -0.1) is 0 Å². The van der Waals surface area contributed by atoms with Gasteiger partial charge in [-0.3, -0.25) is 9.67 Å². The number of aryl methyl sites for hydroxylation is 1. The van der Waals surface area contributed by atoms with Crippen LogP contribution in [0, 0.1) is 0 Å². The van der Waals surface area contributed by atoms with E-state index in [4.69, 9.17) is 11.6 Å². The summed E-state index contributed by atoms with van der Waals surface area (Å²) in [6, 6.07) is 6.17. The van der Waals surface area contributed by atoms with Crippen LogP contribution >= 0.6 is 11.6 Å². The van der Waals surface area contributed by atoms with Gasteiger partial charge in [0.2, 0.25) is 10.0 Å². The number of halogens is 1. The lowest BCUT2D eigenvalue weighted by molar-refractivity contribution is 0.473. The molecule has 0 aliphatic carbocycles. The first-order valence-corrected chi connectivity index (χ1v) is 11.2. The fraction of sp³-hybridized carbons (Fsp3) is 0.474. The number of nitrogens with zero attached hydrogens (tertiary/aromatic N) is 4. The Bertz CT molecular complexity index is 955. The minimum atomic E-state index is -3.61. The van der Waals surface area contributed by atoms with E-state index in [1.54, 1.807) is 19.2 Å². The molecular formula is C19H29ClN6O2S. The SMILES string of the molecule is CN=C(NCCNS(=O)(=O)c1cccc(Cl)c1)N(C)Cc1cn(C)nc1C(C)C. The number of hydrogen-bond acceptors (Lipinski definition) is 4. The van der Waals surface area contributed by atoms with Crippen LogP contribution in [-0.2, 0) is 23.6 Å². The number of sulfonamides is 1. The first-order valence-electron chi connectivity index (χ1n) is 9.33. The molecule has 0 unspecified atom stereocenters. The second-order valence-electron chi connectivity index (χ2n) is 7.05. The summed E-state index contributed by atoms with van der Waals surface area (Å²) in [7, 11) is 1.93. The Kier molecular flexibility index (Phi) is 8.06. The van der Waals surface area contributed by atoms with Crippen molar-refractivity contribution in [1.29, 1.82) is 0 Å². The topological polar surface area (TPSA) is 91.6 Å². The highest BCUT2D eigenvalue weighted by Crippen LogP contribution is 2.18. The van der Waals surface area contributed by atoms with Crippen LogP contribution in [0.4, 0.5) is 0 Å². The van der Waals surface area contributed by atoms with Gasteiger partial charge in [0.05, 0.1) is 10.6 Å². The molecule has 0 aliphatic heterocycles. The van der Waals surface area contributed by atoms with Gasteiger partial charge in [0.15, 0.2) is 5.96 Å². The molecule has 0 saturated heterocycles. The highest BCUT2D eigenvalue weighted by molar-refractivity contribution is 7.89. The van der Waals surface area contributed by atoms with Crippen LogP contribution in [0.25, 0.3) is 0 Å². The van der Waals surface area contributed by atoms with Crippen molar-refractivity contribution in [1.82, 2.24) is 24.7 Å². The molecule has 0 atom stereocenters. The number of benzene rings is 1. The summed E-state index contributed by atoms with van der Waals surface area (Å²) in [6.45, 7) is 5.48. The van der Waals surface area contributed by atoms with Gasteiger partial charge < -0.3 is 10.2 Å². The minimum absolute atomic E-state index is 0.143. The standard InChI is InChI=1S/C19H29ClN6O2S/c1-14(2)18-15(13-26(5)24-18)12-25(4)19(21-3)22-9-10-23-29(27,28)17-8-6-7-16(20)11-17/h6-8,11,13-14,23H,9-10,12H2,1-5H3,(H,21,22). The summed E-state index contributed by atoms with van der Waals surface area (Å²) in [6.07, 6.45) is 2.01. The Morgan fingerprint density at radius 2 is 2.07 bits per heavy atom. The van der Waals surface area contributed by atoms with Gasteiger partial charge in [0.1, 0.15) is 0 Å². The second-order valence-corrected chi connectivity index (χ2v) is 9.26. The third kappa shape index (κ3) is 6.45. The van der Waals surface area contributed by atoms with E-state index in [0.717, 1.165) is 11.3 Å². The quantitative estimate of drug-likeness (QED) is 0.373. The van der Waals surface area contributed by atoms with Crippen molar-refractivity contribution in [3.05, 3.63) is 46.7 Å². The summed E-state index contributed by atoms with van der Waals surface area (Å²) >= 11 is 5.87. The zero-order valence-electron chi connectivity index (χ0n) is 17.5. The van der Waals surface area contributed by atoms with Crippen molar-refractivity contribution in [2.45, 2.75) is 31.2 Å². The van der Waals surface area contributed by atoms with Crippen LogP contribution in [0.5, 0.6) is 0 Å². The number of aromatic nitrogens is 2. The maximum atomic E-state index is 12.3. The molecule has 0 bridgehead atoms. The summed E-state index contributed by atoms with van der Waals surface area (Å²) < 4.78 is 29.0. The van der Waals surface area contributed by atoms with E-state index in [9.17, 15) is 8.42 Å². The highest BCUT2D eigenvalue weighted by Gasteiger charge is 2.16. The monoisotopic (exact) mass is 440 g/mol. The van der Waals surface area contributed by atoms with Crippen LogP contribution in [0.2, 0.25) is 5.02 Å². The van der Waals surface area contributed by atoms with Gasteiger partial charge in [0, 0.05) is 57.6 Å². The highest BCUT2D eigenvalue weighted by atomic mass is 35.5. The number of hydrogen-bond donors (Lipinski definition) is 2. The van der Waals surface area contributed by atoms with Gasteiger partial charge in [-0.2, -0.15) is 5.10 Å². The predicted octanol–water partition coefficient (Wildman–Crippen LogP) is 2.18. The van der Waals surface area contributed by atoms with Crippen molar-refractivity contribution in [3.8, 4) is 0 Å². The van der Waals surface area contributed by atoms with E-state index >= 15 is 0 Å². The zero-order chi connectivity index (χ0) is 21.6. The lowest BCUT2D eigenvalue weighted by Gasteiger charge is -2.22. The van der Waals surface area contributed by atoms with E-state index in [1.165, 1.54) is 12.1 Å². The predicted molar refractivity (Wildman–Crippen MR) is 117 cm³/mol. The lowest BCUT2D eigenvalue weighted by Crippen LogP contribution is -2.42. The summed E-state index contributed by atoms with van der Waals surface area (Å²) in [5, 5.41) is 8.08. The van der Waals surface area contributed by atoms with Crippen molar-refractivity contribution >= 4 is 27.6 Å². The Morgan fingerprint density at radius 1 is 1.34 bits per heavy atom. The molecule has 0 amide bonds. The number of guanidine groups is 1. The van der Waals surface area contributed by atoms with Gasteiger partial charge in [-0.05, 0) is 24.1 Å². The smallest absolute Gasteiger partial charge is 0.240 e. The van der Waals surface area contributed by atoms with Crippen LogP contribution in [-0.4, -0.2) is 56.2 Å². The number of aliphatic imine (C=N–C) groups is 1. The Balaban J connectivity index is 1.90. The molecule has 160 valence electrons. The molecule has 0 radical (unpaired) electrons. The Morgan fingerprint density at radius 3 is 2.69 bits per heavy atom. The van der Waals surface area contributed by atoms with Crippen molar-refractivity contribution in [3.63, 3.8) is 0 Å². The van der Waals surface area contributed by atoms with E-state index in [0.29, 0.717) is 30.0 Å². The third-order valence-corrected chi connectivity index (χ3v) is 5.97. The van der Waals surface area contributed by atoms with Crippen molar-refractivity contribution in [2.75, 3.05) is 27.2 Å². The Labute approximate surface area is 178 Å². The van der Waals surface area contributed by atoms with E-state index in [1.807, 2.05) is 29.9 Å². The molecule has 2 aromatic rings. The molecule has 2 N–H and O–H groups in total. The van der Waals surface area contributed by atoms with Gasteiger partial charge in [0.25, 0.3) is 0 Å². The zero-order valence-corrected chi connectivity index (χ0v) is 19.0. The molecule has 1 heterocycles. The fourth-order valence-electron chi connectivity index (χ4n) is 2.96. The van der Waals surface area contributed by atoms with Gasteiger partial charge >= 0.3 is 0 Å². The molecule has 0 fully saturated rings. The van der Waals surface area contributed by atoms with Crippen LogP contribution in [0.3, 0.4) is 0 Å². The minimum Gasteiger partial charge on any atom is -0.355 e. The van der Waals surface area contributed by atoms with Crippen LogP contribution in [0.15, 0.2) is 40.4 Å². The molecule has 2 rings (SSSR count). The molecule has 0 aliphatic rings. The number of nitrogens with one attached hydrogen (secondary N) is 2. The van der Waals surface area contributed by atoms with Crippen LogP contribution < -0.4 is 10.0 Å². The molecular weight excluding hydrogens is 412 g/mol. The summed E-state index contributed by atoms with van der Waals surface area (Å²) in [5.74, 6) is 1.00.